The van der Waals surface area contributed by atoms with Gasteiger partial charge in [0.05, 0.1) is 25.4 Å². The normalized spacial score (nSPS) is 12.0. The van der Waals surface area contributed by atoms with Crippen LogP contribution in [0.25, 0.3) is 0 Å². The Hall–Kier alpha value is -2.30. The van der Waals surface area contributed by atoms with Gasteiger partial charge in [-0.3, -0.25) is 0 Å². The maximum Gasteiger partial charge on any atom is 0.347 e. The Balaban J connectivity index is 0.000000512. The summed E-state index contributed by atoms with van der Waals surface area (Å²) in [5.74, 6) is -4.13. The first kappa shape index (κ1) is 26.7. The Labute approximate surface area is 183 Å². The Morgan fingerprint density at radius 3 is 1.65 bits per heavy atom. The van der Waals surface area contributed by atoms with Crippen molar-refractivity contribution >= 4 is 17.6 Å². The van der Waals surface area contributed by atoms with Crippen molar-refractivity contribution in [3.8, 4) is 5.75 Å². The fourth-order valence-electron chi connectivity index (χ4n) is 2.05. The number of aliphatic carboxylic acids is 1. The number of hydrogen-bond donors (Lipinski definition) is 5. The van der Waals surface area contributed by atoms with Crippen LogP contribution in [-0.2, 0) is 10.7 Å². The van der Waals surface area contributed by atoms with Crippen LogP contribution in [0, 0.1) is 0 Å². The summed E-state index contributed by atoms with van der Waals surface area (Å²) in [4.78, 5) is 11.0. The van der Waals surface area contributed by atoms with Gasteiger partial charge in [0.15, 0.2) is 5.60 Å². The summed E-state index contributed by atoms with van der Waals surface area (Å²) < 4.78 is 34.2. The lowest BCUT2D eigenvalue weighted by Gasteiger charge is -2.22. The number of carboxylic acids is 1. The standard InChI is InChI=1S/C17H15ClF2O3.C4H11NO3/c1-16(2,15(21)22)23-14-9-5-12(6-10-14)17(19,20)11-3-7-13(18)8-4-11;5-4(1-6,2-7)3-8/h3-10H,1-2H3,(H,21,22);6-8H,1-3,5H2. The highest BCUT2D eigenvalue weighted by Crippen LogP contribution is 2.37. The first-order valence-corrected chi connectivity index (χ1v) is 9.47. The molecule has 31 heavy (non-hydrogen) atoms. The zero-order valence-corrected chi connectivity index (χ0v) is 17.8. The zero-order valence-electron chi connectivity index (χ0n) is 17.1. The van der Waals surface area contributed by atoms with E-state index in [4.69, 9.17) is 42.5 Å². The fourth-order valence-corrected chi connectivity index (χ4v) is 2.17. The minimum absolute atomic E-state index is 0.179. The largest absolute Gasteiger partial charge is 0.478 e. The van der Waals surface area contributed by atoms with Gasteiger partial charge in [0.1, 0.15) is 5.75 Å². The minimum Gasteiger partial charge on any atom is -0.478 e. The highest BCUT2D eigenvalue weighted by atomic mass is 35.5. The van der Waals surface area contributed by atoms with Gasteiger partial charge in [0.2, 0.25) is 0 Å². The molecule has 0 bridgehead atoms. The van der Waals surface area contributed by atoms with E-state index in [1.54, 1.807) is 0 Å². The number of carbonyl (C=O) groups is 1. The van der Waals surface area contributed by atoms with E-state index in [1.165, 1.54) is 62.4 Å². The van der Waals surface area contributed by atoms with E-state index in [0.717, 1.165) is 0 Å². The molecule has 0 saturated carbocycles. The topological polar surface area (TPSA) is 133 Å². The van der Waals surface area contributed by atoms with Crippen molar-refractivity contribution in [3.63, 3.8) is 0 Å². The van der Waals surface area contributed by atoms with Crippen molar-refractivity contribution in [2.45, 2.75) is 30.9 Å². The van der Waals surface area contributed by atoms with Crippen molar-refractivity contribution in [1.82, 2.24) is 0 Å². The molecule has 0 atom stereocenters. The number of nitrogens with two attached hydrogens (primary N) is 1. The van der Waals surface area contributed by atoms with Crippen molar-refractivity contribution in [3.05, 3.63) is 64.7 Å². The minimum atomic E-state index is -3.19. The number of aliphatic hydroxyl groups excluding tert-OH is 3. The van der Waals surface area contributed by atoms with Gasteiger partial charge in [0.25, 0.3) is 5.92 Å². The third-order valence-electron chi connectivity index (χ3n) is 4.26. The quantitative estimate of drug-likeness (QED) is 0.407. The number of halogens is 3. The molecule has 0 aliphatic rings. The van der Waals surface area contributed by atoms with Gasteiger partial charge in [-0.1, -0.05) is 23.7 Å². The molecule has 10 heteroatoms. The Morgan fingerprint density at radius 2 is 1.32 bits per heavy atom. The highest BCUT2D eigenvalue weighted by molar-refractivity contribution is 6.30. The molecule has 0 radical (unpaired) electrons. The molecule has 0 amide bonds. The number of carboxylic acid groups (broad SMARTS) is 1. The van der Waals surface area contributed by atoms with E-state index < -0.39 is 42.9 Å². The van der Waals surface area contributed by atoms with Crippen LogP contribution in [0.5, 0.6) is 5.75 Å². The Bertz CT molecular complexity index is 832. The lowest BCUT2D eigenvalue weighted by atomic mass is 10.0. The third kappa shape index (κ3) is 7.41. The molecule has 0 aromatic heterocycles. The second-order valence-corrected chi connectivity index (χ2v) is 7.80. The number of benzene rings is 2. The molecule has 172 valence electrons. The predicted octanol–water partition coefficient (Wildman–Crippen LogP) is 2.38. The van der Waals surface area contributed by atoms with Gasteiger partial charge in [-0.15, -0.1) is 0 Å². The van der Waals surface area contributed by atoms with Crippen molar-refractivity contribution in [2.75, 3.05) is 19.8 Å². The van der Waals surface area contributed by atoms with Gasteiger partial charge in [-0.05, 0) is 50.2 Å². The SMILES string of the molecule is CC(C)(Oc1ccc(C(F)(F)c2ccc(Cl)cc2)cc1)C(=O)O.NC(CO)(CO)CO. The van der Waals surface area contributed by atoms with Crippen LogP contribution >= 0.6 is 11.6 Å². The number of alkyl halides is 2. The summed E-state index contributed by atoms with van der Waals surface area (Å²) in [5, 5.41) is 34.4. The van der Waals surface area contributed by atoms with Gasteiger partial charge < -0.3 is 30.9 Å². The average molecular weight is 462 g/mol. The molecule has 0 fully saturated rings. The van der Waals surface area contributed by atoms with Crippen LogP contribution in [0.2, 0.25) is 5.02 Å². The van der Waals surface area contributed by atoms with Gasteiger partial charge >= 0.3 is 5.97 Å². The molecule has 0 aliphatic heterocycles. The monoisotopic (exact) mass is 461 g/mol. The van der Waals surface area contributed by atoms with Crippen LogP contribution < -0.4 is 10.5 Å². The number of rotatable bonds is 8. The summed E-state index contributed by atoms with van der Waals surface area (Å²) in [6.45, 7) is 1.55. The number of aliphatic hydroxyl groups is 3. The Kier molecular flexibility index (Phi) is 9.34. The molecule has 6 N–H and O–H groups in total. The summed E-state index contributed by atoms with van der Waals surface area (Å²) in [7, 11) is 0. The summed E-state index contributed by atoms with van der Waals surface area (Å²) in [6.07, 6.45) is 0. The molecule has 2 rings (SSSR count). The molecule has 2 aromatic carbocycles. The van der Waals surface area contributed by atoms with Crippen LogP contribution in [0.1, 0.15) is 25.0 Å². The van der Waals surface area contributed by atoms with Gasteiger partial charge in [0, 0.05) is 16.1 Å². The van der Waals surface area contributed by atoms with Crippen molar-refractivity contribution in [1.29, 1.82) is 0 Å². The Morgan fingerprint density at radius 1 is 0.935 bits per heavy atom. The second-order valence-electron chi connectivity index (χ2n) is 7.36. The maximum absolute atomic E-state index is 14.4. The molecule has 7 nitrogen and oxygen atoms in total. The van der Waals surface area contributed by atoms with E-state index in [1.807, 2.05) is 0 Å². The van der Waals surface area contributed by atoms with Gasteiger partial charge in [-0.25, -0.2) is 4.79 Å². The van der Waals surface area contributed by atoms with Crippen LogP contribution in [0.15, 0.2) is 48.5 Å². The summed E-state index contributed by atoms with van der Waals surface area (Å²) >= 11 is 5.71. The number of hydrogen-bond acceptors (Lipinski definition) is 6. The van der Waals surface area contributed by atoms with E-state index in [0.29, 0.717) is 5.02 Å². The van der Waals surface area contributed by atoms with E-state index in [9.17, 15) is 13.6 Å². The first-order valence-electron chi connectivity index (χ1n) is 9.09. The molecular formula is C21H26ClF2NO6. The van der Waals surface area contributed by atoms with E-state index >= 15 is 0 Å². The zero-order chi connectivity index (χ0) is 23.9. The van der Waals surface area contributed by atoms with E-state index in [-0.39, 0.29) is 16.9 Å². The number of ether oxygens (including phenoxy) is 1. The lowest BCUT2D eigenvalue weighted by molar-refractivity contribution is -0.152. The van der Waals surface area contributed by atoms with Crippen molar-refractivity contribution < 1.29 is 38.7 Å². The maximum atomic E-state index is 14.4. The van der Waals surface area contributed by atoms with Crippen LogP contribution in [-0.4, -0.2) is 57.4 Å². The van der Waals surface area contributed by atoms with Crippen molar-refractivity contribution in [2.24, 2.45) is 5.73 Å². The molecule has 0 spiro atoms. The van der Waals surface area contributed by atoms with Crippen LogP contribution in [0.3, 0.4) is 0 Å². The second kappa shape index (κ2) is 10.8. The predicted molar refractivity (Wildman–Crippen MR) is 111 cm³/mol. The molecule has 0 saturated heterocycles. The summed E-state index contributed by atoms with van der Waals surface area (Å²) in [5.41, 5.74) is 2.09. The average Bonchev–Trinajstić information content (AvgIpc) is 2.74. The smallest absolute Gasteiger partial charge is 0.347 e. The third-order valence-corrected chi connectivity index (χ3v) is 4.51. The molecule has 0 aliphatic carbocycles. The lowest BCUT2D eigenvalue weighted by Crippen LogP contribution is -2.50. The van der Waals surface area contributed by atoms with Gasteiger partial charge in [-0.2, -0.15) is 8.78 Å². The van der Waals surface area contributed by atoms with Crippen LogP contribution in [0.4, 0.5) is 8.78 Å². The fraction of sp³-hybridized carbons (Fsp3) is 0.381. The first-order chi connectivity index (χ1) is 14.3. The van der Waals surface area contributed by atoms with E-state index in [2.05, 4.69) is 0 Å². The molecule has 2 aromatic rings. The molecular weight excluding hydrogens is 436 g/mol. The highest BCUT2D eigenvalue weighted by Gasteiger charge is 2.34. The molecule has 0 heterocycles. The molecule has 0 unspecified atom stereocenters. The summed E-state index contributed by atoms with van der Waals surface area (Å²) in [6, 6.07) is 10.4.